The highest BCUT2D eigenvalue weighted by Gasteiger charge is 2.38. The highest BCUT2D eigenvalue weighted by Crippen LogP contribution is 2.23. The lowest BCUT2D eigenvalue weighted by Crippen LogP contribution is -2.67. The topological polar surface area (TPSA) is 81.6 Å². The Balaban J connectivity index is 2.94. The van der Waals surface area contributed by atoms with E-state index in [9.17, 15) is 4.79 Å². The quantitative estimate of drug-likeness (QED) is 0.739. The van der Waals surface area contributed by atoms with Crippen LogP contribution in [0.3, 0.4) is 0 Å². The molecule has 0 aromatic carbocycles. The largest absolute Gasteiger partial charge is 0.455 e. The van der Waals surface area contributed by atoms with Crippen LogP contribution in [0.5, 0.6) is 0 Å². The lowest BCUT2D eigenvalue weighted by Gasteiger charge is -2.36. The molecule has 0 aromatic heterocycles. The molecule has 136 valence electrons. The fourth-order valence-electron chi connectivity index (χ4n) is 2.28. The third-order valence-corrected chi connectivity index (χ3v) is 4.01. The first kappa shape index (κ1) is 20.4. The van der Waals surface area contributed by atoms with Gasteiger partial charge in [0, 0.05) is 6.61 Å². The summed E-state index contributed by atoms with van der Waals surface area (Å²) in [6.45, 7) is 13.3. The predicted octanol–water partition coefficient (Wildman–Crippen LogP) is 1.17. The van der Waals surface area contributed by atoms with Crippen molar-refractivity contribution in [2.75, 3.05) is 19.8 Å². The first-order valence-corrected chi connectivity index (χ1v) is 8.57. The number of carbonyl (C=O) groups is 1. The van der Waals surface area contributed by atoms with Gasteiger partial charge in [-0.2, -0.15) is 0 Å². The Morgan fingerprint density at radius 2 is 2.00 bits per heavy atom. The minimum atomic E-state index is -0.527. The summed E-state index contributed by atoms with van der Waals surface area (Å²) in [5.41, 5.74) is 3.49. The van der Waals surface area contributed by atoms with Crippen LogP contribution in [0.2, 0.25) is 0 Å². The first-order valence-electron chi connectivity index (χ1n) is 8.57. The van der Waals surface area contributed by atoms with Gasteiger partial charge in [-0.15, -0.1) is 0 Å². The molecule has 3 N–H and O–H groups in total. The van der Waals surface area contributed by atoms with Crippen molar-refractivity contribution in [1.82, 2.24) is 0 Å². The van der Waals surface area contributed by atoms with Crippen LogP contribution in [0.4, 0.5) is 0 Å². The molecule has 4 atom stereocenters. The van der Waals surface area contributed by atoms with E-state index in [1.165, 1.54) is 0 Å². The molecule has 0 unspecified atom stereocenters. The molecule has 1 aliphatic heterocycles. The Morgan fingerprint density at radius 3 is 2.57 bits per heavy atom. The van der Waals surface area contributed by atoms with Gasteiger partial charge in [-0.25, -0.2) is 4.79 Å². The molecule has 1 heterocycles. The Bertz CT molecular complexity index is 372. The van der Waals surface area contributed by atoms with Gasteiger partial charge in [0.1, 0.15) is 24.9 Å². The molecule has 6 heteroatoms. The summed E-state index contributed by atoms with van der Waals surface area (Å²) in [5.74, 6) is 0.0259. The van der Waals surface area contributed by atoms with E-state index in [0.29, 0.717) is 19.1 Å². The second-order valence-corrected chi connectivity index (χ2v) is 7.34. The molecule has 0 aliphatic carbocycles. The molecule has 0 spiro atoms. The van der Waals surface area contributed by atoms with Crippen LogP contribution < -0.4 is 5.73 Å². The third kappa shape index (κ3) is 6.75. The maximum Gasteiger partial charge on any atom is 0.367 e. The summed E-state index contributed by atoms with van der Waals surface area (Å²) in [7, 11) is 0. The zero-order valence-electron chi connectivity index (χ0n) is 15.5. The van der Waals surface area contributed by atoms with Gasteiger partial charge in [0.05, 0.1) is 12.2 Å². The Morgan fingerprint density at radius 1 is 1.35 bits per heavy atom. The maximum absolute atomic E-state index is 12.0. The number of hydrogen-bond acceptors (Lipinski definition) is 5. The van der Waals surface area contributed by atoms with E-state index in [1.54, 1.807) is 0 Å². The fourth-order valence-corrected chi connectivity index (χ4v) is 2.28. The first-order chi connectivity index (χ1) is 10.7. The molecule has 1 rings (SSSR count). The van der Waals surface area contributed by atoms with Gasteiger partial charge in [0.25, 0.3) is 0 Å². The zero-order valence-corrected chi connectivity index (χ0v) is 15.5. The maximum atomic E-state index is 12.0. The summed E-state index contributed by atoms with van der Waals surface area (Å²) in [6, 6.07) is -0.527. The molecule has 0 bridgehead atoms. The Labute approximate surface area is 140 Å². The van der Waals surface area contributed by atoms with Crippen LogP contribution in [0.25, 0.3) is 0 Å². The summed E-state index contributed by atoms with van der Waals surface area (Å²) >= 11 is 0. The van der Waals surface area contributed by atoms with E-state index < -0.39 is 12.1 Å². The van der Waals surface area contributed by atoms with E-state index in [4.69, 9.17) is 18.9 Å². The smallest absolute Gasteiger partial charge is 0.367 e. The van der Waals surface area contributed by atoms with Gasteiger partial charge in [-0.3, -0.25) is 0 Å². The molecule has 6 nitrogen and oxygen atoms in total. The molecule has 1 fully saturated rings. The monoisotopic (exact) mass is 332 g/mol. The average molecular weight is 332 g/mol. The fraction of sp³-hybridized carbons (Fsp3) is 0.941. The van der Waals surface area contributed by atoms with Gasteiger partial charge in [0.2, 0.25) is 6.04 Å². The van der Waals surface area contributed by atoms with Gasteiger partial charge >= 0.3 is 5.97 Å². The van der Waals surface area contributed by atoms with Gasteiger partial charge < -0.3 is 24.7 Å². The molecule has 0 aromatic rings. The van der Waals surface area contributed by atoms with Crippen molar-refractivity contribution >= 4 is 5.97 Å². The van der Waals surface area contributed by atoms with Gasteiger partial charge in [0.15, 0.2) is 0 Å². The second kappa shape index (κ2) is 8.97. The van der Waals surface area contributed by atoms with Crippen molar-refractivity contribution in [3.63, 3.8) is 0 Å². The lowest BCUT2D eigenvalue weighted by molar-refractivity contribution is -0.415. The predicted molar refractivity (Wildman–Crippen MR) is 86.9 cm³/mol. The van der Waals surface area contributed by atoms with Crippen LogP contribution in [0, 0.1) is 5.92 Å². The van der Waals surface area contributed by atoms with Gasteiger partial charge in [-0.1, -0.05) is 20.8 Å². The van der Waals surface area contributed by atoms with Gasteiger partial charge in [-0.05, 0) is 33.1 Å². The number of hydrogen-bond donors (Lipinski definition) is 1. The van der Waals surface area contributed by atoms with E-state index in [2.05, 4.69) is 26.5 Å². The molecular formula is C17H34NO5+. The summed E-state index contributed by atoms with van der Waals surface area (Å²) in [6.07, 6.45) is -0.203. The standard InChI is InChI=1S/C17H33NO5/c1-7-17(5,6)23-14-10-20-9-13(18)16(19)22-12(4)15(14)21-8-11(2)3/h11-15H,7-10,18H2,1-6H3/p+1/t12-,13-,14-,15-/m0/s1. The Hall–Kier alpha value is -0.690. The summed E-state index contributed by atoms with van der Waals surface area (Å²) < 4.78 is 23.5. The van der Waals surface area contributed by atoms with Crippen LogP contribution >= 0.6 is 0 Å². The molecule has 1 aliphatic rings. The molecule has 0 saturated carbocycles. The lowest BCUT2D eigenvalue weighted by atomic mass is 10.0. The Kier molecular flexibility index (Phi) is 7.94. The number of quaternary nitrogens is 1. The second-order valence-electron chi connectivity index (χ2n) is 7.34. The molecular weight excluding hydrogens is 298 g/mol. The molecule has 1 saturated heterocycles. The van der Waals surface area contributed by atoms with Crippen molar-refractivity contribution < 1.29 is 29.5 Å². The van der Waals surface area contributed by atoms with E-state index in [0.717, 1.165) is 6.42 Å². The average Bonchev–Trinajstić information content (AvgIpc) is 2.49. The van der Waals surface area contributed by atoms with Crippen LogP contribution in [-0.2, 0) is 23.7 Å². The number of cyclic esters (lactones) is 1. The third-order valence-electron chi connectivity index (χ3n) is 4.01. The number of ether oxygens (including phenoxy) is 4. The number of rotatable bonds is 6. The van der Waals surface area contributed by atoms with Crippen molar-refractivity contribution in [1.29, 1.82) is 0 Å². The summed E-state index contributed by atoms with van der Waals surface area (Å²) in [5, 5.41) is 0. The minimum Gasteiger partial charge on any atom is -0.455 e. The van der Waals surface area contributed by atoms with Crippen molar-refractivity contribution in [2.45, 2.75) is 77.9 Å². The normalized spacial score (nSPS) is 30.5. The van der Waals surface area contributed by atoms with E-state index in [1.807, 2.05) is 20.8 Å². The molecule has 0 amide bonds. The molecule has 0 radical (unpaired) electrons. The van der Waals surface area contributed by atoms with Crippen LogP contribution in [0.1, 0.15) is 48.0 Å². The van der Waals surface area contributed by atoms with Crippen molar-refractivity contribution in [3.05, 3.63) is 0 Å². The van der Waals surface area contributed by atoms with E-state index >= 15 is 0 Å². The van der Waals surface area contributed by atoms with E-state index in [-0.39, 0.29) is 30.4 Å². The van der Waals surface area contributed by atoms with Crippen LogP contribution in [-0.4, -0.2) is 55.7 Å². The van der Waals surface area contributed by atoms with Crippen LogP contribution in [0.15, 0.2) is 0 Å². The number of esters is 1. The summed E-state index contributed by atoms with van der Waals surface area (Å²) in [4.78, 5) is 12.0. The highest BCUT2D eigenvalue weighted by atomic mass is 16.6. The highest BCUT2D eigenvalue weighted by molar-refractivity contribution is 5.74. The minimum absolute atomic E-state index is 0.231. The molecule has 23 heavy (non-hydrogen) atoms. The van der Waals surface area contributed by atoms with Crippen molar-refractivity contribution in [3.8, 4) is 0 Å². The SMILES string of the molecule is CCC(C)(C)O[C@H]1COC[C@H]([NH3+])C(=O)O[C@@H](C)[C@@H]1OCC(C)C. The number of carbonyl (C=O) groups excluding carboxylic acids is 1. The van der Waals surface area contributed by atoms with Crippen molar-refractivity contribution in [2.24, 2.45) is 5.92 Å². The zero-order chi connectivity index (χ0) is 17.6.